The molecule has 0 spiro atoms. The molecule has 0 bridgehead atoms. The number of hydrogen-bond acceptors (Lipinski definition) is 3. The molecule has 2 aliphatic rings. The van der Waals surface area contributed by atoms with Crippen molar-refractivity contribution in [1.29, 1.82) is 0 Å². The number of aryl methyl sites for hydroxylation is 1. The van der Waals surface area contributed by atoms with E-state index in [-0.39, 0.29) is 5.91 Å². The van der Waals surface area contributed by atoms with Crippen molar-refractivity contribution in [2.75, 3.05) is 43.4 Å². The van der Waals surface area contributed by atoms with Crippen LogP contribution >= 0.6 is 0 Å². The lowest BCUT2D eigenvalue weighted by atomic mass is 9.96. The van der Waals surface area contributed by atoms with E-state index in [0.717, 1.165) is 38.3 Å². The van der Waals surface area contributed by atoms with Gasteiger partial charge in [-0.2, -0.15) is 0 Å². The molecule has 0 atom stereocenters. The van der Waals surface area contributed by atoms with Crippen LogP contribution in [0, 0.1) is 6.92 Å². The van der Waals surface area contributed by atoms with Gasteiger partial charge in [-0.15, -0.1) is 0 Å². The molecule has 0 aliphatic carbocycles. The van der Waals surface area contributed by atoms with Crippen LogP contribution < -0.4 is 10.2 Å². The first-order valence-corrected chi connectivity index (χ1v) is 7.01. The molecule has 1 aromatic carbocycles. The second-order valence-electron chi connectivity index (χ2n) is 5.59. The molecule has 3 rings (SSSR count). The first kappa shape index (κ1) is 12.5. The summed E-state index contributed by atoms with van der Waals surface area (Å²) in [6.07, 6.45) is 1.47. The molecule has 2 aliphatic heterocycles. The van der Waals surface area contributed by atoms with Gasteiger partial charge >= 0.3 is 0 Å². The van der Waals surface area contributed by atoms with Crippen LogP contribution in [0.1, 0.15) is 17.5 Å². The van der Waals surface area contributed by atoms with E-state index in [0.29, 0.717) is 6.42 Å². The third-order valence-corrected chi connectivity index (χ3v) is 4.21. The maximum atomic E-state index is 11.6. The summed E-state index contributed by atoms with van der Waals surface area (Å²) in [5.41, 5.74) is 4.85. The standard InChI is InChI=1S/C15H21N3O/c1-11-3-5-13(18-9-7-17(2)8-10-18)12-4-6-14(19)16-15(11)12/h3,5H,4,6-10H2,1-2H3,(H,16,19). The molecule has 1 N–H and O–H groups in total. The Kier molecular flexibility index (Phi) is 3.19. The van der Waals surface area contributed by atoms with Crippen molar-refractivity contribution in [3.05, 3.63) is 23.3 Å². The first-order valence-electron chi connectivity index (χ1n) is 7.01. The highest BCUT2D eigenvalue weighted by Gasteiger charge is 2.23. The number of amides is 1. The lowest BCUT2D eigenvalue weighted by Crippen LogP contribution is -2.45. The van der Waals surface area contributed by atoms with Crippen molar-refractivity contribution in [3.63, 3.8) is 0 Å². The number of rotatable bonds is 1. The first-order chi connectivity index (χ1) is 9.15. The van der Waals surface area contributed by atoms with E-state index >= 15 is 0 Å². The third kappa shape index (κ3) is 2.32. The molecule has 102 valence electrons. The van der Waals surface area contributed by atoms with Gasteiger partial charge in [0.25, 0.3) is 0 Å². The van der Waals surface area contributed by atoms with Gasteiger partial charge in [-0.1, -0.05) is 6.07 Å². The highest BCUT2D eigenvalue weighted by atomic mass is 16.1. The molecule has 0 aromatic heterocycles. The summed E-state index contributed by atoms with van der Waals surface area (Å²) in [6, 6.07) is 4.34. The van der Waals surface area contributed by atoms with Crippen LogP contribution in [0.2, 0.25) is 0 Å². The van der Waals surface area contributed by atoms with Gasteiger partial charge in [0.05, 0.1) is 0 Å². The summed E-state index contributed by atoms with van der Waals surface area (Å²) >= 11 is 0. The van der Waals surface area contributed by atoms with Gasteiger partial charge in [-0.25, -0.2) is 0 Å². The van der Waals surface area contributed by atoms with Gasteiger partial charge in [0.15, 0.2) is 0 Å². The fourth-order valence-corrected chi connectivity index (χ4v) is 2.97. The Morgan fingerprint density at radius 3 is 2.58 bits per heavy atom. The van der Waals surface area contributed by atoms with Crippen molar-refractivity contribution in [2.24, 2.45) is 0 Å². The molecule has 4 nitrogen and oxygen atoms in total. The normalized spacial score (nSPS) is 20.1. The van der Waals surface area contributed by atoms with E-state index in [1.807, 2.05) is 0 Å². The summed E-state index contributed by atoms with van der Waals surface area (Å²) in [6.45, 7) is 6.42. The lowest BCUT2D eigenvalue weighted by Gasteiger charge is -2.36. The van der Waals surface area contributed by atoms with E-state index in [2.05, 4.69) is 41.2 Å². The zero-order chi connectivity index (χ0) is 13.4. The zero-order valence-electron chi connectivity index (χ0n) is 11.7. The number of carbonyl (C=O) groups excluding carboxylic acids is 1. The van der Waals surface area contributed by atoms with Crippen LogP contribution in [-0.2, 0) is 11.2 Å². The van der Waals surface area contributed by atoms with Crippen molar-refractivity contribution in [3.8, 4) is 0 Å². The highest BCUT2D eigenvalue weighted by Crippen LogP contribution is 2.34. The minimum absolute atomic E-state index is 0.145. The highest BCUT2D eigenvalue weighted by molar-refractivity contribution is 5.96. The Bertz CT molecular complexity index is 504. The zero-order valence-corrected chi connectivity index (χ0v) is 11.7. The van der Waals surface area contributed by atoms with Crippen LogP contribution in [0.3, 0.4) is 0 Å². The van der Waals surface area contributed by atoms with Gasteiger partial charge in [0.1, 0.15) is 0 Å². The van der Waals surface area contributed by atoms with Crippen molar-refractivity contribution in [1.82, 2.24) is 4.90 Å². The number of anilines is 2. The average Bonchev–Trinajstić information content (AvgIpc) is 2.41. The van der Waals surface area contributed by atoms with E-state index in [4.69, 9.17) is 0 Å². The van der Waals surface area contributed by atoms with E-state index < -0.39 is 0 Å². The molecule has 0 saturated carbocycles. The Morgan fingerprint density at radius 2 is 1.84 bits per heavy atom. The Hall–Kier alpha value is -1.55. The number of benzene rings is 1. The minimum atomic E-state index is 0.145. The molecular weight excluding hydrogens is 238 g/mol. The minimum Gasteiger partial charge on any atom is -0.369 e. The SMILES string of the molecule is Cc1ccc(N2CCN(C)CC2)c2c1NC(=O)CC2. The van der Waals surface area contributed by atoms with Crippen molar-refractivity contribution < 1.29 is 4.79 Å². The molecule has 1 amide bonds. The Morgan fingerprint density at radius 1 is 1.11 bits per heavy atom. The van der Waals surface area contributed by atoms with E-state index in [1.165, 1.54) is 16.8 Å². The van der Waals surface area contributed by atoms with Crippen LogP contribution in [0.5, 0.6) is 0 Å². The maximum Gasteiger partial charge on any atom is 0.224 e. The smallest absolute Gasteiger partial charge is 0.224 e. The van der Waals surface area contributed by atoms with Crippen molar-refractivity contribution in [2.45, 2.75) is 19.8 Å². The third-order valence-electron chi connectivity index (χ3n) is 4.21. The van der Waals surface area contributed by atoms with Gasteiger partial charge in [0, 0.05) is 44.0 Å². The monoisotopic (exact) mass is 259 g/mol. The maximum absolute atomic E-state index is 11.6. The number of carbonyl (C=O) groups is 1. The molecular formula is C15H21N3O. The topological polar surface area (TPSA) is 35.6 Å². The van der Waals surface area contributed by atoms with Crippen LogP contribution in [0.25, 0.3) is 0 Å². The number of nitrogens with one attached hydrogen (secondary N) is 1. The molecule has 2 heterocycles. The largest absolute Gasteiger partial charge is 0.369 e. The molecule has 4 heteroatoms. The second kappa shape index (κ2) is 4.85. The number of piperazine rings is 1. The number of fused-ring (bicyclic) bond motifs is 1. The summed E-state index contributed by atoms with van der Waals surface area (Å²) in [7, 11) is 2.17. The van der Waals surface area contributed by atoms with Gasteiger partial charge in [0.2, 0.25) is 5.91 Å². The molecule has 1 fully saturated rings. The summed E-state index contributed by atoms with van der Waals surface area (Å²) in [5.74, 6) is 0.145. The molecule has 1 saturated heterocycles. The quantitative estimate of drug-likeness (QED) is 0.832. The predicted octanol–water partition coefficient (Wildman–Crippen LogP) is 1.63. The van der Waals surface area contributed by atoms with Gasteiger partial charge < -0.3 is 15.1 Å². The Labute approximate surface area is 114 Å². The van der Waals surface area contributed by atoms with Crippen LogP contribution in [-0.4, -0.2) is 44.0 Å². The summed E-state index contributed by atoms with van der Waals surface area (Å²) < 4.78 is 0. The summed E-state index contributed by atoms with van der Waals surface area (Å²) in [4.78, 5) is 16.4. The molecule has 0 radical (unpaired) electrons. The predicted molar refractivity (Wildman–Crippen MR) is 77.8 cm³/mol. The van der Waals surface area contributed by atoms with E-state index in [9.17, 15) is 4.79 Å². The number of nitrogens with zero attached hydrogens (tertiary/aromatic N) is 2. The lowest BCUT2D eigenvalue weighted by molar-refractivity contribution is -0.116. The van der Waals surface area contributed by atoms with Crippen LogP contribution in [0.15, 0.2) is 12.1 Å². The van der Waals surface area contributed by atoms with E-state index in [1.54, 1.807) is 0 Å². The van der Waals surface area contributed by atoms with Crippen molar-refractivity contribution >= 4 is 17.3 Å². The average molecular weight is 259 g/mol. The number of likely N-dealkylation sites (N-methyl/N-ethyl adjacent to an activating group) is 1. The number of hydrogen-bond donors (Lipinski definition) is 1. The fourth-order valence-electron chi connectivity index (χ4n) is 2.97. The fraction of sp³-hybridized carbons (Fsp3) is 0.533. The molecule has 19 heavy (non-hydrogen) atoms. The Balaban J connectivity index is 1.94. The molecule has 1 aromatic rings. The second-order valence-corrected chi connectivity index (χ2v) is 5.59. The van der Waals surface area contributed by atoms with Crippen LogP contribution in [0.4, 0.5) is 11.4 Å². The van der Waals surface area contributed by atoms with Gasteiger partial charge in [-0.05, 0) is 37.6 Å². The van der Waals surface area contributed by atoms with Gasteiger partial charge in [-0.3, -0.25) is 4.79 Å². The molecule has 0 unspecified atom stereocenters. The summed E-state index contributed by atoms with van der Waals surface area (Å²) in [5, 5.41) is 3.04.